The van der Waals surface area contributed by atoms with E-state index in [2.05, 4.69) is 15.6 Å². The van der Waals surface area contributed by atoms with E-state index in [1.54, 1.807) is 14.2 Å². The highest BCUT2D eigenvalue weighted by Crippen LogP contribution is 2.38. The number of fused-ring (bicyclic) bond motifs is 1. The van der Waals surface area contributed by atoms with Gasteiger partial charge in [0.2, 0.25) is 0 Å². The van der Waals surface area contributed by atoms with Crippen LogP contribution in [0.2, 0.25) is 0 Å². The third kappa shape index (κ3) is 4.21. The molecule has 1 heterocycles. The summed E-state index contributed by atoms with van der Waals surface area (Å²) in [6.07, 6.45) is 0. The first-order valence-electron chi connectivity index (χ1n) is 9.48. The van der Waals surface area contributed by atoms with Gasteiger partial charge in [-0.2, -0.15) is 0 Å². The maximum absolute atomic E-state index is 5.52. The fourth-order valence-corrected chi connectivity index (χ4v) is 3.39. The Morgan fingerprint density at radius 1 is 0.967 bits per heavy atom. The Kier molecular flexibility index (Phi) is 5.81. The van der Waals surface area contributed by atoms with Gasteiger partial charge in [0, 0.05) is 18.2 Å². The van der Waals surface area contributed by atoms with Crippen molar-refractivity contribution in [3.05, 3.63) is 72.3 Å². The van der Waals surface area contributed by atoms with E-state index in [1.165, 1.54) is 0 Å². The van der Waals surface area contributed by atoms with Crippen LogP contribution in [0.25, 0.3) is 22.4 Å². The number of nitrogens with zero attached hydrogens (tertiary/aromatic N) is 1. The van der Waals surface area contributed by atoms with Crippen LogP contribution in [-0.2, 0) is 6.54 Å². The predicted octanol–water partition coefficient (Wildman–Crippen LogP) is 4.73. The molecule has 0 saturated carbocycles. The molecule has 0 unspecified atom stereocenters. The molecule has 0 amide bonds. The third-order valence-corrected chi connectivity index (χ3v) is 4.96. The molecule has 0 saturated heterocycles. The summed E-state index contributed by atoms with van der Waals surface area (Å²) in [5.74, 6) is 1.93. The first-order valence-corrected chi connectivity index (χ1v) is 9.88. The second-order valence-electron chi connectivity index (χ2n) is 6.65. The van der Waals surface area contributed by atoms with Crippen LogP contribution in [0.15, 0.2) is 66.7 Å². The average Bonchev–Trinajstić information content (AvgIpc) is 3.22. The normalized spacial score (nSPS) is 10.6. The number of imidazole rings is 1. The number of hydrogen-bond acceptors (Lipinski definition) is 4. The van der Waals surface area contributed by atoms with E-state index in [1.807, 2.05) is 66.7 Å². The molecule has 0 aliphatic heterocycles. The number of rotatable bonds is 6. The monoisotopic (exact) mass is 418 g/mol. The van der Waals surface area contributed by atoms with E-state index < -0.39 is 0 Å². The van der Waals surface area contributed by atoms with Gasteiger partial charge < -0.3 is 25.1 Å². The third-order valence-electron chi connectivity index (χ3n) is 4.71. The van der Waals surface area contributed by atoms with Crippen molar-refractivity contribution in [2.45, 2.75) is 6.54 Å². The number of aromatic amines is 1. The van der Waals surface area contributed by atoms with E-state index >= 15 is 0 Å². The molecular weight excluding hydrogens is 396 g/mol. The lowest BCUT2D eigenvalue weighted by Crippen LogP contribution is -2.28. The Balaban J connectivity index is 1.65. The van der Waals surface area contributed by atoms with Crippen LogP contribution in [0.5, 0.6) is 11.5 Å². The van der Waals surface area contributed by atoms with Gasteiger partial charge in [0.25, 0.3) is 0 Å². The number of aromatic nitrogens is 2. The zero-order chi connectivity index (χ0) is 20.9. The Hall–Kier alpha value is -3.58. The Morgan fingerprint density at radius 2 is 1.67 bits per heavy atom. The molecule has 4 rings (SSSR count). The molecule has 3 N–H and O–H groups in total. The Bertz CT molecular complexity index is 1140. The summed E-state index contributed by atoms with van der Waals surface area (Å²) in [5, 5.41) is 7.01. The van der Waals surface area contributed by atoms with Crippen LogP contribution < -0.4 is 20.1 Å². The van der Waals surface area contributed by atoms with Crippen molar-refractivity contribution < 1.29 is 9.47 Å². The van der Waals surface area contributed by atoms with E-state index in [0.29, 0.717) is 29.0 Å². The summed E-state index contributed by atoms with van der Waals surface area (Å²) in [4.78, 5) is 8.08. The molecule has 0 atom stereocenters. The van der Waals surface area contributed by atoms with Crippen LogP contribution in [0.1, 0.15) is 5.56 Å². The highest BCUT2D eigenvalue weighted by molar-refractivity contribution is 7.80. The molecule has 3 aromatic carbocycles. The topological polar surface area (TPSA) is 71.2 Å². The van der Waals surface area contributed by atoms with E-state index in [0.717, 1.165) is 27.8 Å². The maximum atomic E-state index is 5.52. The van der Waals surface area contributed by atoms with Gasteiger partial charge in [0.05, 0.1) is 30.9 Å². The van der Waals surface area contributed by atoms with Crippen molar-refractivity contribution in [2.75, 3.05) is 19.5 Å². The fourth-order valence-electron chi connectivity index (χ4n) is 3.20. The molecule has 30 heavy (non-hydrogen) atoms. The number of thiocarbonyl (C=S) groups is 1. The molecule has 7 heteroatoms. The number of H-pyrrole nitrogens is 1. The maximum Gasteiger partial charge on any atom is 0.171 e. The number of para-hydroxylation sites is 2. The summed E-state index contributed by atoms with van der Waals surface area (Å²) >= 11 is 5.52. The van der Waals surface area contributed by atoms with Gasteiger partial charge in [-0.05, 0) is 36.0 Å². The van der Waals surface area contributed by atoms with Crippen LogP contribution in [-0.4, -0.2) is 29.3 Å². The SMILES string of the molecule is COc1cc(NC(=S)NCc2ccccc2)c(-c2nc3ccccc3[nH]2)cc1OC. The minimum Gasteiger partial charge on any atom is -0.493 e. The number of methoxy groups -OCH3 is 2. The van der Waals surface area contributed by atoms with Crippen molar-refractivity contribution in [3.8, 4) is 22.9 Å². The van der Waals surface area contributed by atoms with Crippen LogP contribution >= 0.6 is 12.2 Å². The van der Waals surface area contributed by atoms with E-state index in [-0.39, 0.29) is 0 Å². The minimum absolute atomic E-state index is 0.503. The molecule has 6 nitrogen and oxygen atoms in total. The fraction of sp³-hybridized carbons (Fsp3) is 0.130. The van der Waals surface area contributed by atoms with Crippen LogP contribution in [0.4, 0.5) is 5.69 Å². The highest BCUT2D eigenvalue weighted by Gasteiger charge is 2.16. The van der Waals surface area contributed by atoms with Crippen LogP contribution in [0, 0.1) is 0 Å². The largest absolute Gasteiger partial charge is 0.493 e. The lowest BCUT2D eigenvalue weighted by atomic mass is 10.1. The Labute approximate surface area is 180 Å². The minimum atomic E-state index is 0.503. The van der Waals surface area contributed by atoms with Crippen molar-refractivity contribution in [2.24, 2.45) is 0 Å². The molecule has 0 fully saturated rings. The van der Waals surface area contributed by atoms with Gasteiger partial charge in [-0.25, -0.2) is 4.98 Å². The van der Waals surface area contributed by atoms with Gasteiger partial charge in [-0.15, -0.1) is 0 Å². The van der Waals surface area contributed by atoms with Crippen molar-refractivity contribution in [3.63, 3.8) is 0 Å². The molecule has 0 aliphatic carbocycles. The molecule has 0 bridgehead atoms. The van der Waals surface area contributed by atoms with Crippen molar-refractivity contribution in [1.82, 2.24) is 15.3 Å². The first kappa shape index (κ1) is 19.7. The lowest BCUT2D eigenvalue weighted by molar-refractivity contribution is 0.355. The van der Waals surface area contributed by atoms with Gasteiger partial charge in [0.15, 0.2) is 16.6 Å². The van der Waals surface area contributed by atoms with Crippen molar-refractivity contribution >= 4 is 34.1 Å². The number of nitrogens with one attached hydrogen (secondary N) is 3. The van der Waals surface area contributed by atoms with Crippen LogP contribution in [0.3, 0.4) is 0 Å². The summed E-state index contributed by atoms with van der Waals surface area (Å²) < 4.78 is 11.0. The molecule has 0 spiro atoms. The summed E-state index contributed by atoms with van der Waals surface area (Å²) in [6, 6.07) is 21.7. The standard InChI is InChI=1S/C23H22N4O2S/c1-28-20-12-16(22-25-17-10-6-7-11-18(17)26-22)19(13-21(20)29-2)27-23(30)24-14-15-8-4-3-5-9-15/h3-13H,14H2,1-2H3,(H,25,26)(H2,24,27,30). The Morgan fingerprint density at radius 3 is 2.40 bits per heavy atom. The lowest BCUT2D eigenvalue weighted by Gasteiger charge is -2.16. The zero-order valence-electron chi connectivity index (χ0n) is 16.7. The summed E-state index contributed by atoms with van der Waals surface area (Å²) in [6.45, 7) is 0.625. The van der Waals surface area contributed by atoms with Gasteiger partial charge in [-0.1, -0.05) is 42.5 Å². The van der Waals surface area contributed by atoms with Gasteiger partial charge in [-0.3, -0.25) is 0 Å². The second-order valence-corrected chi connectivity index (χ2v) is 7.06. The summed E-state index contributed by atoms with van der Waals surface area (Å²) in [7, 11) is 3.22. The summed E-state index contributed by atoms with van der Waals surface area (Å²) in [5.41, 5.74) is 4.58. The molecular formula is C23H22N4O2S. The van der Waals surface area contributed by atoms with Gasteiger partial charge in [0.1, 0.15) is 5.82 Å². The predicted molar refractivity (Wildman–Crippen MR) is 124 cm³/mol. The van der Waals surface area contributed by atoms with Crippen molar-refractivity contribution in [1.29, 1.82) is 0 Å². The quantitative estimate of drug-likeness (QED) is 0.393. The first-order chi connectivity index (χ1) is 14.7. The smallest absolute Gasteiger partial charge is 0.171 e. The molecule has 4 aromatic rings. The second kappa shape index (κ2) is 8.84. The van der Waals surface area contributed by atoms with E-state index in [4.69, 9.17) is 26.7 Å². The molecule has 0 radical (unpaired) electrons. The van der Waals surface area contributed by atoms with E-state index in [9.17, 15) is 0 Å². The molecule has 0 aliphatic rings. The average molecular weight is 419 g/mol. The zero-order valence-corrected chi connectivity index (χ0v) is 17.5. The number of anilines is 1. The molecule has 1 aromatic heterocycles. The number of ether oxygens (including phenoxy) is 2. The molecule has 152 valence electrons. The number of benzene rings is 3. The highest BCUT2D eigenvalue weighted by atomic mass is 32.1. The number of hydrogen-bond donors (Lipinski definition) is 3. The van der Waals surface area contributed by atoms with Gasteiger partial charge >= 0.3 is 0 Å².